The van der Waals surface area contributed by atoms with Crippen molar-refractivity contribution in [3.63, 3.8) is 0 Å². The van der Waals surface area contributed by atoms with Gasteiger partial charge in [-0.05, 0) is 91.9 Å². The Kier molecular flexibility index (Phi) is 17.0. The van der Waals surface area contributed by atoms with Gasteiger partial charge >= 0.3 is 0 Å². The molecule has 380 valence electrons. The summed E-state index contributed by atoms with van der Waals surface area (Å²) in [5, 5.41) is 15.8. The molecular weight excluding hydrogens is 944 g/mol. The lowest BCUT2D eigenvalue weighted by Gasteiger charge is -2.39. The Bertz CT molecular complexity index is 2960. The molecule has 1 unspecified atom stereocenters. The van der Waals surface area contributed by atoms with Gasteiger partial charge in [-0.1, -0.05) is 111 Å². The van der Waals surface area contributed by atoms with E-state index in [0.717, 1.165) is 27.8 Å². The molecule has 3 heterocycles. The maximum Gasteiger partial charge on any atom is 0.280 e. The van der Waals surface area contributed by atoms with E-state index in [1.54, 1.807) is 32.6 Å². The van der Waals surface area contributed by atoms with Gasteiger partial charge in [0, 0.05) is 30.1 Å². The third-order valence-electron chi connectivity index (χ3n) is 12.6. The summed E-state index contributed by atoms with van der Waals surface area (Å²) in [5.41, 5.74) is 3.73. The van der Waals surface area contributed by atoms with Crippen molar-refractivity contribution >= 4 is 43.2 Å². The molecule has 2 aromatic heterocycles. The lowest BCUT2D eigenvalue weighted by Crippen LogP contribution is -2.39. The summed E-state index contributed by atoms with van der Waals surface area (Å²) in [5.74, 6) is 0.889. The minimum absolute atomic E-state index is 0.00830. The van der Waals surface area contributed by atoms with Crippen molar-refractivity contribution in [3.05, 3.63) is 161 Å². The van der Waals surface area contributed by atoms with Gasteiger partial charge in [-0.3, -0.25) is 24.5 Å². The number of carbonyl (C=O) groups is 1. The second kappa shape index (κ2) is 23.7. The fraction of sp³-hybridized carbons (Fsp3) is 0.339. The molecule has 4 atom stereocenters. The predicted molar refractivity (Wildman–Crippen MR) is 284 cm³/mol. The molecule has 17 heteroatoms. The summed E-state index contributed by atoms with van der Waals surface area (Å²) in [7, 11) is 1.48. The predicted octanol–water partition coefficient (Wildman–Crippen LogP) is 11.1. The molecule has 1 fully saturated rings. The molecule has 16 nitrogen and oxygen atoms in total. The van der Waals surface area contributed by atoms with Gasteiger partial charge in [-0.25, -0.2) is 9.65 Å². The average molecular weight is 1010 g/mol. The van der Waals surface area contributed by atoms with Crippen molar-refractivity contribution in [1.82, 2.24) is 24.2 Å². The molecule has 7 aromatic rings. The number of ether oxygens (including phenoxy) is 4. The normalized spacial score (nSPS) is 16.3. The van der Waals surface area contributed by atoms with Crippen molar-refractivity contribution in [2.24, 2.45) is 5.92 Å². The number of imidazole rings is 1. The van der Waals surface area contributed by atoms with Crippen molar-refractivity contribution in [3.8, 4) is 28.7 Å². The van der Waals surface area contributed by atoms with Gasteiger partial charge in [0.1, 0.15) is 29.4 Å². The van der Waals surface area contributed by atoms with E-state index in [0.29, 0.717) is 17.2 Å². The first-order chi connectivity index (χ1) is 35.3. The third-order valence-corrected chi connectivity index (χ3v) is 14.7. The summed E-state index contributed by atoms with van der Waals surface area (Å²) >= 11 is 0. The van der Waals surface area contributed by atoms with Gasteiger partial charge in [0.15, 0.2) is 11.2 Å². The van der Waals surface area contributed by atoms with Gasteiger partial charge in [0.25, 0.3) is 14.1 Å². The molecule has 5 aromatic carbocycles. The number of aromatic amines is 1. The van der Waals surface area contributed by atoms with Crippen LogP contribution in [0.4, 0.5) is 17.6 Å². The van der Waals surface area contributed by atoms with Crippen LogP contribution >= 0.6 is 8.53 Å². The average Bonchev–Trinajstić information content (AvgIpc) is 3.97. The number of methoxy groups -OCH3 is 2. The molecule has 0 radical (unpaired) electrons. The number of fused-ring (bicyclic) bond motifs is 1. The zero-order valence-electron chi connectivity index (χ0n) is 42.4. The van der Waals surface area contributed by atoms with Gasteiger partial charge in [-0.15, -0.1) is 0 Å². The van der Waals surface area contributed by atoms with E-state index in [1.807, 2.05) is 133 Å². The number of rotatable bonds is 22. The molecule has 3 N–H and O–H groups in total. The van der Waals surface area contributed by atoms with Gasteiger partial charge in [0.05, 0.1) is 46.0 Å². The van der Waals surface area contributed by atoms with E-state index >= 15 is 0 Å². The Balaban J connectivity index is 1.26. The first kappa shape index (κ1) is 52.4. The number of hydrogen-bond acceptors (Lipinski definition) is 13. The Morgan fingerprint density at radius 1 is 0.822 bits per heavy atom. The van der Waals surface area contributed by atoms with E-state index in [-0.39, 0.29) is 73.0 Å². The Morgan fingerprint density at radius 2 is 1.40 bits per heavy atom. The Hall–Kier alpha value is -6.96. The first-order valence-electron chi connectivity index (χ1n) is 24.5. The number of nitriles is 1. The van der Waals surface area contributed by atoms with Crippen LogP contribution in [0.25, 0.3) is 22.3 Å². The van der Waals surface area contributed by atoms with E-state index in [4.69, 9.17) is 38.0 Å². The molecule has 0 bridgehead atoms. The van der Waals surface area contributed by atoms with E-state index in [1.165, 1.54) is 0 Å². The van der Waals surface area contributed by atoms with Crippen molar-refractivity contribution < 1.29 is 32.8 Å². The van der Waals surface area contributed by atoms with Gasteiger partial charge in [-0.2, -0.15) is 10.2 Å². The molecule has 0 aliphatic carbocycles. The topological polar surface area (TPSA) is 187 Å². The molecule has 0 saturated carbocycles. The molecule has 0 spiro atoms. The smallest absolute Gasteiger partial charge is 0.280 e. The highest BCUT2D eigenvalue weighted by molar-refractivity contribution is 7.44. The minimum atomic E-state index is -1.78. The van der Waals surface area contributed by atoms with Crippen LogP contribution < -0.4 is 25.7 Å². The number of amides is 1. The largest absolute Gasteiger partial charge is 0.497 e. The summed E-state index contributed by atoms with van der Waals surface area (Å²) in [6.45, 7) is 12.0. The van der Waals surface area contributed by atoms with Crippen LogP contribution in [0.3, 0.4) is 0 Å². The molecule has 1 saturated heterocycles. The number of carbonyl (C=O) groups excluding carboxylic acids is 1. The molecule has 1 amide bonds. The number of nitrogens with one attached hydrogen (secondary N) is 3. The van der Waals surface area contributed by atoms with Gasteiger partial charge < -0.3 is 33.3 Å². The minimum Gasteiger partial charge on any atom is -0.497 e. The van der Waals surface area contributed by atoms with Crippen LogP contribution in [0.1, 0.15) is 77.3 Å². The van der Waals surface area contributed by atoms with Crippen molar-refractivity contribution in [1.29, 1.82) is 5.26 Å². The highest BCUT2D eigenvalue weighted by atomic mass is 31.2. The zero-order chi connectivity index (χ0) is 51.6. The Labute approximate surface area is 427 Å². The summed E-state index contributed by atoms with van der Waals surface area (Å²) in [6, 6.07) is 45.8. The number of aromatic nitrogens is 4. The van der Waals surface area contributed by atoms with Crippen molar-refractivity contribution in [2.75, 3.05) is 38.1 Å². The summed E-state index contributed by atoms with van der Waals surface area (Å²) in [6.07, 6.45) is -1.96. The first-order valence-corrected chi connectivity index (χ1v) is 25.6. The number of nitrogens with zero attached hydrogens (tertiary/aromatic N) is 5. The van der Waals surface area contributed by atoms with Crippen LogP contribution in [0.15, 0.2) is 138 Å². The summed E-state index contributed by atoms with van der Waals surface area (Å²) in [4.78, 5) is 39.4. The maximum absolute atomic E-state index is 14.0. The number of H-pyrrole nitrogens is 1. The monoisotopic (exact) mass is 1010 g/mol. The molecular formula is C56H63N8O8P. The van der Waals surface area contributed by atoms with Gasteiger partial charge in [0.2, 0.25) is 17.8 Å². The van der Waals surface area contributed by atoms with E-state index in [2.05, 4.69) is 54.1 Å². The highest BCUT2D eigenvalue weighted by Gasteiger charge is 2.46. The number of hydrogen-bond donors (Lipinski definition) is 3. The van der Waals surface area contributed by atoms with Crippen LogP contribution in [0.2, 0.25) is 0 Å². The molecule has 1 aliphatic rings. The third kappa shape index (κ3) is 11.8. The fourth-order valence-electron chi connectivity index (χ4n) is 8.98. The van der Waals surface area contributed by atoms with Crippen molar-refractivity contribution in [2.45, 2.75) is 90.5 Å². The maximum atomic E-state index is 14.0. The van der Waals surface area contributed by atoms with Crippen LogP contribution in [-0.2, 0) is 28.9 Å². The molecule has 73 heavy (non-hydrogen) atoms. The number of anilines is 3. The van der Waals surface area contributed by atoms with Crippen LogP contribution in [0.5, 0.6) is 11.5 Å². The quantitative estimate of drug-likeness (QED) is 0.0331. The standard InChI is InChI=1S/C56H63N8O8P/c1-36(2)52(65)61-54-60-51-50(53(66)62-54)59-55(58-44-26-20-40(21-27-44)39-16-11-9-12-17-39)63(51)49-34-47(72-73(70-33-15-32-57)64(37(3)4)38(5)6)48(71-49)35-69-56(41-18-13-10-14-19-41,42-22-28-45(67-7)29-23-42)43-24-30-46(68-8)31-25-43/h9-14,16-31,36-38,47-49H,15,33-35H2,1-8H3,(H,58,59)(H2,60,61,62,65,66)/t47-,48+,49+,73?/m0/s1. The highest BCUT2D eigenvalue weighted by Crippen LogP contribution is 2.51. The Morgan fingerprint density at radius 3 is 1.96 bits per heavy atom. The lowest BCUT2D eigenvalue weighted by atomic mass is 9.80. The van der Waals surface area contributed by atoms with E-state index in [9.17, 15) is 14.9 Å². The van der Waals surface area contributed by atoms with E-state index < -0.39 is 38.1 Å². The number of benzene rings is 5. The zero-order valence-corrected chi connectivity index (χ0v) is 43.3. The van der Waals surface area contributed by atoms with Crippen LogP contribution in [-0.4, -0.2) is 81.8 Å². The SMILES string of the molecule is COc1ccc(C(OC[C@H]2O[C@@H](n3c(Nc4ccc(-c5ccccc5)cc4)nc4c(=O)[nH]c(NC(=O)C(C)C)nc43)C[C@@H]2OP(OCCC#N)N(C(C)C)C(C)C)(c2ccccc2)c2ccc(OC)cc2)cc1. The fourth-order valence-corrected chi connectivity index (χ4v) is 10.7. The second-order valence-electron chi connectivity index (χ2n) is 18.5. The summed E-state index contributed by atoms with van der Waals surface area (Å²) < 4.78 is 43.5. The van der Waals surface area contributed by atoms with Crippen LogP contribution in [0, 0.1) is 17.2 Å². The lowest BCUT2D eigenvalue weighted by molar-refractivity contribution is -0.118. The molecule has 8 rings (SSSR count). The molecule has 1 aliphatic heterocycles. The second-order valence-corrected chi connectivity index (χ2v) is 19.9.